The van der Waals surface area contributed by atoms with E-state index in [1.807, 2.05) is 0 Å². The van der Waals surface area contributed by atoms with E-state index in [4.69, 9.17) is 9.57 Å². The van der Waals surface area contributed by atoms with Gasteiger partial charge in [-0.3, -0.25) is 4.79 Å². The molecule has 0 saturated carbocycles. The molecule has 6 heteroatoms. The zero-order chi connectivity index (χ0) is 15.3. The van der Waals surface area contributed by atoms with E-state index in [0.29, 0.717) is 24.4 Å². The van der Waals surface area contributed by atoms with Gasteiger partial charge in [-0.1, -0.05) is 23.4 Å². The molecule has 1 aromatic rings. The van der Waals surface area contributed by atoms with Crippen molar-refractivity contribution in [3.05, 3.63) is 35.6 Å². The first-order valence-corrected chi connectivity index (χ1v) is 6.84. The average molecular weight is 294 g/mol. The molecule has 1 aliphatic heterocycles. The predicted molar refractivity (Wildman–Crippen MR) is 76.5 cm³/mol. The number of benzene rings is 1. The maximum absolute atomic E-state index is 13.7. The molecule has 0 fully saturated rings. The van der Waals surface area contributed by atoms with E-state index in [9.17, 15) is 9.18 Å². The summed E-state index contributed by atoms with van der Waals surface area (Å²) in [4.78, 5) is 17.4. The second-order valence-corrected chi connectivity index (χ2v) is 5.12. The summed E-state index contributed by atoms with van der Waals surface area (Å²) in [7, 11) is 1.61. The monoisotopic (exact) mass is 294 g/mol. The lowest BCUT2D eigenvalue weighted by molar-refractivity contribution is -0.141. The van der Waals surface area contributed by atoms with Crippen LogP contribution >= 0.6 is 0 Å². The molecule has 1 N–H and O–H groups in total. The number of nitrogens with one attached hydrogen (secondary N) is 1. The lowest BCUT2D eigenvalue weighted by Gasteiger charge is -2.20. The molecule has 114 valence electrons. The number of hydrogen-bond acceptors (Lipinski definition) is 4. The molecular formula is C15H19FN2O3. The summed E-state index contributed by atoms with van der Waals surface area (Å²) >= 11 is 0. The minimum absolute atomic E-state index is 0.240. The Balaban J connectivity index is 1.96. The Morgan fingerprint density at radius 3 is 3.00 bits per heavy atom. The number of hydrogen-bond donors (Lipinski definition) is 1. The van der Waals surface area contributed by atoms with Gasteiger partial charge in [-0.15, -0.1) is 0 Å². The van der Waals surface area contributed by atoms with Crippen molar-refractivity contribution in [3.63, 3.8) is 0 Å². The fourth-order valence-corrected chi connectivity index (χ4v) is 2.11. The highest BCUT2D eigenvalue weighted by Crippen LogP contribution is 2.27. The Labute approximate surface area is 123 Å². The molecule has 0 spiro atoms. The van der Waals surface area contributed by atoms with Gasteiger partial charge in [0.15, 0.2) is 0 Å². The van der Waals surface area contributed by atoms with Crippen molar-refractivity contribution in [2.24, 2.45) is 5.16 Å². The minimum atomic E-state index is -1.09. The Kier molecular flexibility index (Phi) is 4.90. The zero-order valence-electron chi connectivity index (χ0n) is 12.2. The molecule has 1 aromatic carbocycles. The summed E-state index contributed by atoms with van der Waals surface area (Å²) in [6.07, 6.45) is 0.962. The topological polar surface area (TPSA) is 59.9 Å². The molecule has 0 saturated heterocycles. The first-order valence-electron chi connectivity index (χ1n) is 6.84. The van der Waals surface area contributed by atoms with E-state index < -0.39 is 5.60 Å². The summed E-state index contributed by atoms with van der Waals surface area (Å²) in [6.45, 7) is 2.73. The number of halogens is 1. The van der Waals surface area contributed by atoms with Gasteiger partial charge in [0.2, 0.25) is 5.60 Å². The standard InChI is InChI=1S/C15H19FN2O3/c1-15(14(19)17-8-5-9-20-2)10-13(18-21-15)11-6-3-4-7-12(11)16/h3-4,6-7H,5,8-10H2,1-2H3,(H,17,19)/t15-/m1/s1. The first kappa shape index (κ1) is 15.4. The smallest absolute Gasteiger partial charge is 0.267 e. The Bertz CT molecular complexity index is 547. The SMILES string of the molecule is COCCCNC(=O)[C@@]1(C)CC(c2ccccc2F)=NO1. The molecule has 0 aromatic heterocycles. The van der Waals surface area contributed by atoms with Crippen molar-refractivity contribution < 1.29 is 18.8 Å². The van der Waals surface area contributed by atoms with Gasteiger partial charge in [-0.2, -0.15) is 0 Å². The third-order valence-corrected chi connectivity index (χ3v) is 3.34. The van der Waals surface area contributed by atoms with Crippen LogP contribution in [0.2, 0.25) is 0 Å². The maximum Gasteiger partial charge on any atom is 0.267 e. The van der Waals surface area contributed by atoms with Gasteiger partial charge in [-0.25, -0.2) is 4.39 Å². The number of rotatable bonds is 6. The largest absolute Gasteiger partial charge is 0.385 e. The van der Waals surface area contributed by atoms with Gasteiger partial charge in [0.05, 0.1) is 5.71 Å². The molecule has 0 unspecified atom stereocenters. The van der Waals surface area contributed by atoms with Gasteiger partial charge < -0.3 is 14.9 Å². The van der Waals surface area contributed by atoms with E-state index >= 15 is 0 Å². The number of carbonyl (C=O) groups is 1. The van der Waals surface area contributed by atoms with Gasteiger partial charge in [0.25, 0.3) is 5.91 Å². The second kappa shape index (κ2) is 6.67. The van der Waals surface area contributed by atoms with E-state index in [0.717, 1.165) is 6.42 Å². The average Bonchev–Trinajstić information content (AvgIpc) is 2.87. The number of methoxy groups -OCH3 is 1. The summed E-state index contributed by atoms with van der Waals surface area (Å²) < 4.78 is 18.6. The number of carbonyl (C=O) groups excluding carboxylic acids is 1. The Morgan fingerprint density at radius 1 is 1.52 bits per heavy atom. The van der Waals surface area contributed by atoms with Crippen molar-refractivity contribution in [2.45, 2.75) is 25.4 Å². The minimum Gasteiger partial charge on any atom is -0.385 e. The summed E-state index contributed by atoms with van der Waals surface area (Å²) in [5, 5.41) is 6.65. The number of oxime groups is 1. The van der Waals surface area contributed by atoms with E-state index in [1.54, 1.807) is 32.2 Å². The lowest BCUT2D eigenvalue weighted by atomic mass is 9.95. The van der Waals surface area contributed by atoms with Crippen LogP contribution in [0.1, 0.15) is 25.3 Å². The Hall–Kier alpha value is -1.95. The fourth-order valence-electron chi connectivity index (χ4n) is 2.11. The van der Waals surface area contributed by atoms with Crippen LogP contribution in [0.15, 0.2) is 29.4 Å². The van der Waals surface area contributed by atoms with Crippen LogP contribution in [0.5, 0.6) is 0 Å². The van der Waals surface area contributed by atoms with E-state index in [2.05, 4.69) is 10.5 Å². The maximum atomic E-state index is 13.7. The van der Waals surface area contributed by atoms with Gasteiger partial charge >= 0.3 is 0 Å². The highest BCUT2D eigenvalue weighted by molar-refractivity contribution is 6.05. The molecule has 1 heterocycles. The molecule has 2 rings (SSSR count). The van der Waals surface area contributed by atoms with Crippen molar-refractivity contribution in [1.82, 2.24) is 5.32 Å². The van der Waals surface area contributed by atoms with E-state index in [-0.39, 0.29) is 18.1 Å². The van der Waals surface area contributed by atoms with Crippen LogP contribution in [0, 0.1) is 5.82 Å². The molecule has 0 bridgehead atoms. The summed E-state index contributed by atoms with van der Waals surface area (Å²) in [5.41, 5.74) is -0.277. The molecule has 0 radical (unpaired) electrons. The van der Waals surface area contributed by atoms with Gasteiger partial charge in [-0.05, 0) is 19.4 Å². The summed E-state index contributed by atoms with van der Waals surface area (Å²) in [6, 6.07) is 6.32. The highest BCUT2D eigenvalue weighted by atomic mass is 19.1. The van der Waals surface area contributed by atoms with Crippen molar-refractivity contribution in [2.75, 3.05) is 20.3 Å². The Morgan fingerprint density at radius 2 is 2.29 bits per heavy atom. The van der Waals surface area contributed by atoms with Gasteiger partial charge in [0, 0.05) is 32.2 Å². The molecule has 21 heavy (non-hydrogen) atoms. The van der Waals surface area contributed by atoms with Gasteiger partial charge in [0.1, 0.15) is 5.82 Å². The van der Waals surface area contributed by atoms with E-state index in [1.165, 1.54) is 6.07 Å². The molecule has 0 aliphatic carbocycles. The zero-order valence-corrected chi connectivity index (χ0v) is 12.2. The normalized spacial score (nSPS) is 20.8. The van der Waals surface area contributed by atoms with Crippen molar-refractivity contribution >= 4 is 11.6 Å². The van der Waals surface area contributed by atoms with Crippen LogP contribution in [0.25, 0.3) is 0 Å². The quantitative estimate of drug-likeness (QED) is 0.815. The van der Waals surface area contributed by atoms with Crippen LogP contribution in [-0.4, -0.2) is 37.5 Å². The first-order chi connectivity index (χ1) is 10.1. The van der Waals surface area contributed by atoms with Crippen LogP contribution < -0.4 is 5.32 Å². The number of ether oxygens (including phenoxy) is 1. The third-order valence-electron chi connectivity index (χ3n) is 3.34. The number of amides is 1. The van der Waals surface area contributed by atoms with Crippen molar-refractivity contribution in [1.29, 1.82) is 0 Å². The molecule has 1 aliphatic rings. The molecule has 5 nitrogen and oxygen atoms in total. The highest BCUT2D eigenvalue weighted by Gasteiger charge is 2.42. The molecular weight excluding hydrogens is 275 g/mol. The van der Waals surface area contributed by atoms with Crippen LogP contribution in [0.4, 0.5) is 4.39 Å². The molecule has 1 atom stereocenters. The second-order valence-electron chi connectivity index (χ2n) is 5.12. The molecule has 1 amide bonds. The lowest BCUT2D eigenvalue weighted by Crippen LogP contribution is -2.45. The summed E-state index contributed by atoms with van der Waals surface area (Å²) in [5.74, 6) is -0.627. The fraction of sp³-hybridized carbons (Fsp3) is 0.467. The van der Waals surface area contributed by atoms with Crippen LogP contribution in [0.3, 0.4) is 0 Å². The van der Waals surface area contributed by atoms with Crippen molar-refractivity contribution in [3.8, 4) is 0 Å². The third kappa shape index (κ3) is 3.58. The van der Waals surface area contributed by atoms with Crippen LogP contribution in [-0.2, 0) is 14.4 Å². The number of nitrogens with zero attached hydrogens (tertiary/aromatic N) is 1. The predicted octanol–water partition coefficient (Wildman–Crippen LogP) is 1.86.